The van der Waals surface area contributed by atoms with Crippen LogP contribution in [0.4, 0.5) is 0 Å². The van der Waals surface area contributed by atoms with Crippen molar-refractivity contribution in [3.63, 3.8) is 0 Å². The van der Waals surface area contributed by atoms with Crippen LogP contribution in [-0.2, 0) is 0 Å². The molecule has 2 rings (SSSR count). The lowest BCUT2D eigenvalue weighted by Gasteiger charge is -2.19. The van der Waals surface area contributed by atoms with Gasteiger partial charge in [-0.15, -0.1) is 11.3 Å². The number of nitrogens with one attached hydrogen (secondary N) is 1. The molecule has 2 aromatic rings. The molecule has 0 saturated heterocycles. The summed E-state index contributed by atoms with van der Waals surface area (Å²) >= 11 is 11.5. The fourth-order valence-corrected chi connectivity index (χ4v) is 3.41. The molecular weight excluding hydrogens is 334 g/mol. The summed E-state index contributed by atoms with van der Waals surface area (Å²) in [6, 6.07) is 2.45. The van der Waals surface area contributed by atoms with Crippen molar-refractivity contribution < 1.29 is 0 Å². The predicted octanol–water partition coefficient (Wildman–Crippen LogP) is 4.25. The summed E-state index contributed by atoms with van der Waals surface area (Å²) in [4.78, 5) is 0. The third kappa shape index (κ3) is 2.64. The maximum atomic E-state index is 6.29. The van der Waals surface area contributed by atoms with Crippen LogP contribution in [0.3, 0.4) is 0 Å². The minimum absolute atomic E-state index is 0.0601. The van der Waals surface area contributed by atoms with E-state index in [0.717, 1.165) is 9.48 Å². The fraction of sp³-hybridized carbons (Fsp3) is 0.417. The summed E-state index contributed by atoms with van der Waals surface area (Å²) in [5.41, 5.74) is 2.21. The van der Waals surface area contributed by atoms with Crippen molar-refractivity contribution in [3.8, 4) is 0 Å². The Morgan fingerprint density at radius 1 is 1.50 bits per heavy atom. The number of nitrogens with zero attached hydrogens (tertiary/aromatic N) is 2. The number of hydrogen-bond acceptors (Lipinski definition) is 3. The molecule has 2 heterocycles. The van der Waals surface area contributed by atoms with E-state index in [-0.39, 0.29) is 12.1 Å². The molecule has 18 heavy (non-hydrogen) atoms. The Labute approximate surface area is 124 Å². The highest BCUT2D eigenvalue weighted by Gasteiger charge is 2.22. The Bertz CT molecular complexity index is 535. The van der Waals surface area contributed by atoms with Crippen LogP contribution in [0.1, 0.15) is 37.2 Å². The molecule has 1 unspecified atom stereocenters. The minimum atomic E-state index is 0.0601. The summed E-state index contributed by atoms with van der Waals surface area (Å²) in [6.07, 6.45) is 1.71. The molecule has 0 aromatic carbocycles. The van der Waals surface area contributed by atoms with E-state index in [2.05, 4.69) is 51.6 Å². The third-order valence-corrected chi connectivity index (χ3v) is 4.57. The SMILES string of the molecule is CNC(c1csc(Br)c1)c1c(Cl)cnn1C(C)C. The summed E-state index contributed by atoms with van der Waals surface area (Å²) < 4.78 is 3.08. The smallest absolute Gasteiger partial charge is 0.0837 e. The summed E-state index contributed by atoms with van der Waals surface area (Å²) in [5.74, 6) is 0. The maximum Gasteiger partial charge on any atom is 0.0837 e. The molecule has 0 radical (unpaired) electrons. The summed E-state index contributed by atoms with van der Waals surface area (Å²) in [7, 11) is 1.93. The van der Waals surface area contributed by atoms with Gasteiger partial charge in [0.25, 0.3) is 0 Å². The highest BCUT2D eigenvalue weighted by Crippen LogP contribution is 2.33. The van der Waals surface area contributed by atoms with Crippen LogP contribution >= 0.6 is 38.9 Å². The van der Waals surface area contributed by atoms with E-state index in [1.165, 1.54) is 5.56 Å². The van der Waals surface area contributed by atoms with Crippen molar-refractivity contribution in [2.24, 2.45) is 0 Å². The van der Waals surface area contributed by atoms with Crippen LogP contribution < -0.4 is 5.32 Å². The van der Waals surface area contributed by atoms with Crippen LogP contribution in [-0.4, -0.2) is 16.8 Å². The zero-order valence-corrected chi connectivity index (χ0v) is 13.6. The first-order valence-corrected chi connectivity index (χ1v) is 7.73. The lowest BCUT2D eigenvalue weighted by atomic mass is 10.1. The van der Waals surface area contributed by atoms with E-state index in [0.29, 0.717) is 5.02 Å². The molecule has 0 spiro atoms. The quantitative estimate of drug-likeness (QED) is 0.895. The molecular formula is C12H15BrClN3S. The van der Waals surface area contributed by atoms with Crippen molar-refractivity contribution in [1.82, 2.24) is 15.1 Å². The van der Waals surface area contributed by atoms with Gasteiger partial charge in [0.15, 0.2) is 0 Å². The molecule has 3 nitrogen and oxygen atoms in total. The second-order valence-electron chi connectivity index (χ2n) is 4.32. The Balaban J connectivity index is 2.47. The summed E-state index contributed by atoms with van der Waals surface area (Å²) in [6.45, 7) is 4.20. The molecule has 1 atom stereocenters. The topological polar surface area (TPSA) is 29.9 Å². The van der Waals surface area contributed by atoms with Crippen LogP contribution in [0.15, 0.2) is 21.4 Å². The molecule has 6 heteroatoms. The highest BCUT2D eigenvalue weighted by molar-refractivity contribution is 9.11. The first kappa shape index (κ1) is 14.1. The highest BCUT2D eigenvalue weighted by atomic mass is 79.9. The van der Waals surface area contributed by atoms with Crippen LogP contribution in [0, 0.1) is 0 Å². The molecule has 0 aliphatic carbocycles. The number of hydrogen-bond donors (Lipinski definition) is 1. The molecule has 2 aromatic heterocycles. The molecule has 0 fully saturated rings. The minimum Gasteiger partial charge on any atom is -0.308 e. The number of aromatic nitrogens is 2. The molecule has 0 aliphatic heterocycles. The van der Waals surface area contributed by atoms with Gasteiger partial charge < -0.3 is 5.32 Å². The standard InChI is InChI=1S/C12H15BrClN3S/c1-7(2)17-12(9(14)5-16-17)11(15-3)8-4-10(13)18-6-8/h4-7,11,15H,1-3H3. The first-order valence-electron chi connectivity index (χ1n) is 5.68. The second kappa shape index (κ2) is 5.74. The Morgan fingerprint density at radius 3 is 2.72 bits per heavy atom. The average molecular weight is 349 g/mol. The fourth-order valence-electron chi connectivity index (χ4n) is 1.97. The number of thiophene rings is 1. The lowest BCUT2D eigenvalue weighted by molar-refractivity contribution is 0.484. The average Bonchev–Trinajstić information content (AvgIpc) is 2.88. The van der Waals surface area contributed by atoms with E-state index in [1.54, 1.807) is 17.5 Å². The van der Waals surface area contributed by atoms with Crippen molar-refractivity contribution in [2.75, 3.05) is 7.05 Å². The molecule has 1 N–H and O–H groups in total. The lowest BCUT2D eigenvalue weighted by Crippen LogP contribution is -2.22. The Kier molecular flexibility index (Phi) is 4.48. The molecule has 0 bridgehead atoms. The van der Waals surface area contributed by atoms with Crippen LogP contribution in [0.2, 0.25) is 5.02 Å². The van der Waals surface area contributed by atoms with Crippen LogP contribution in [0.25, 0.3) is 0 Å². The molecule has 0 saturated carbocycles. The Hall–Kier alpha value is -0.360. The van der Waals surface area contributed by atoms with Crippen molar-refractivity contribution >= 4 is 38.9 Å². The van der Waals surface area contributed by atoms with E-state index >= 15 is 0 Å². The van der Waals surface area contributed by atoms with Gasteiger partial charge in [-0.2, -0.15) is 5.10 Å². The van der Waals surface area contributed by atoms with Crippen molar-refractivity contribution in [3.05, 3.63) is 37.7 Å². The van der Waals surface area contributed by atoms with E-state index < -0.39 is 0 Å². The van der Waals surface area contributed by atoms with Gasteiger partial charge in [0.05, 0.1) is 26.7 Å². The van der Waals surface area contributed by atoms with Gasteiger partial charge in [0.1, 0.15) is 0 Å². The Morgan fingerprint density at radius 2 is 2.22 bits per heavy atom. The van der Waals surface area contributed by atoms with Gasteiger partial charge in [-0.3, -0.25) is 4.68 Å². The zero-order valence-electron chi connectivity index (χ0n) is 10.4. The number of halogens is 2. The van der Waals surface area contributed by atoms with E-state index in [9.17, 15) is 0 Å². The van der Waals surface area contributed by atoms with Gasteiger partial charge in [0, 0.05) is 6.04 Å². The zero-order chi connectivity index (χ0) is 13.3. The van der Waals surface area contributed by atoms with Crippen molar-refractivity contribution in [1.29, 1.82) is 0 Å². The molecule has 0 aliphatic rings. The molecule has 0 amide bonds. The first-order chi connectivity index (χ1) is 8.54. The van der Waals surface area contributed by atoms with E-state index in [4.69, 9.17) is 11.6 Å². The van der Waals surface area contributed by atoms with Gasteiger partial charge in [-0.05, 0) is 53.8 Å². The van der Waals surface area contributed by atoms with Gasteiger partial charge in [0.2, 0.25) is 0 Å². The van der Waals surface area contributed by atoms with Gasteiger partial charge in [-0.1, -0.05) is 11.6 Å². The molecule has 98 valence electrons. The largest absolute Gasteiger partial charge is 0.308 e. The summed E-state index contributed by atoms with van der Waals surface area (Å²) in [5, 5.41) is 10.5. The monoisotopic (exact) mass is 347 g/mol. The second-order valence-corrected chi connectivity index (χ2v) is 7.02. The van der Waals surface area contributed by atoms with Crippen LogP contribution in [0.5, 0.6) is 0 Å². The van der Waals surface area contributed by atoms with Gasteiger partial charge >= 0.3 is 0 Å². The van der Waals surface area contributed by atoms with Gasteiger partial charge in [-0.25, -0.2) is 0 Å². The normalized spacial score (nSPS) is 13.2. The van der Waals surface area contributed by atoms with Crippen molar-refractivity contribution in [2.45, 2.75) is 25.9 Å². The predicted molar refractivity (Wildman–Crippen MR) is 80.5 cm³/mol. The number of rotatable bonds is 4. The van der Waals surface area contributed by atoms with E-state index in [1.807, 2.05) is 11.7 Å². The maximum absolute atomic E-state index is 6.29. The third-order valence-electron chi connectivity index (χ3n) is 2.76.